The number of aliphatic hydroxyl groups is 1. The summed E-state index contributed by atoms with van der Waals surface area (Å²) in [6.45, 7) is 2.50. The lowest BCUT2D eigenvalue weighted by molar-refractivity contribution is -0.164. The van der Waals surface area contributed by atoms with E-state index in [2.05, 4.69) is 27.2 Å². The summed E-state index contributed by atoms with van der Waals surface area (Å²) in [5.41, 5.74) is 0.776. The van der Waals surface area contributed by atoms with Crippen molar-refractivity contribution in [1.29, 1.82) is 0 Å². The summed E-state index contributed by atoms with van der Waals surface area (Å²) in [6, 6.07) is 10.2. The fraction of sp³-hybridized carbons (Fsp3) is 0.529. The van der Waals surface area contributed by atoms with Crippen molar-refractivity contribution in [2.45, 2.75) is 37.4 Å². The molecule has 0 bridgehead atoms. The third-order valence-corrected chi connectivity index (χ3v) is 5.97. The summed E-state index contributed by atoms with van der Waals surface area (Å²) in [4.78, 5) is 2.26. The standard InChI is InChI=1S/C17H21N3O2S/c21-14-7-4-12-22-17(14)8-10-20(11-9-17)16-19-18-15(23-16)13-5-2-1-3-6-13/h1-3,5-6,14,21H,4,7-12H2/t14-/m1/s1. The maximum absolute atomic E-state index is 10.3. The molecule has 122 valence electrons. The molecule has 2 aliphatic heterocycles. The van der Waals surface area contributed by atoms with E-state index in [0.29, 0.717) is 0 Å². The average Bonchev–Trinajstić information content (AvgIpc) is 3.09. The van der Waals surface area contributed by atoms with Gasteiger partial charge in [-0.25, -0.2) is 0 Å². The van der Waals surface area contributed by atoms with E-state index in [-0.39, 0.29) is 11.7 Å². The molecule has 1 aromatic carbocycles. The molecule has 2 saturated heterocycles. The van der Waals surface area contributed by atoms with Gasteiger partial charge in [0.05, 0.1) is 11.7 Å². The van der Waals surface area contributed by atoms with Crippen LogP contribution in [0.2, 0.25) is 0 Å². The highest BCUT2D eigenvalue weighted by atomic mass is 32.1. The van der Waals surface area contributed by atoms with Crippen molar-refractivity contribution in [3.8, 4) is 10.6 Å². The Morgan fingerprint density at radius 3 is 2.70 bits per heavy atom. The molecule has 0 radical (unpaired) electrons. The first kappa shape index (κ1) is 15.1. The summed E-state index contributed by atoms with van der Waals surface area (Å²) in [6.07, 6.45) is 3.20. The number of ether oxygens (including phenoxy) is 1. The highest BCUT2D eigenvalue weighted by Crippen LogP contribution is 2.37. The van der Waals surface area contributed by atoms with Crippen LogP contribution in [0, 0.1) is 0 Å². The maximum Gasteiger partial charge on any atom is 0.208 e. The number of rotatable bonds is 2. The van der Waals surface area contributed by atoms with Gasteiger partial charge in [-0.2, -0.15) is 0 Å². The van der Waals surface area contributed by atoms with Gasteiger partial charge in [0.15, 0.2) is 0 Å². The third-order valence-electron chi connectivity index (χ3n) is 4.93. The number of piperidine rings is 1. The van der Waals surface area contributed by atoms with Gasteiger partial charge in [0.2, 0.25) is 5.13 Å². The highest BCUT2D eigenvalue weighted by Gasteiger charge is 2.44. The number of anilines is 1. The van der Waals surface area contributed by atoms with Gasteiger partial charge >= 0.3 is 0 Å². The van der Waals surface area contributed by atoms with E-state index in [1.165, 1.54) is 0 Å². The zero-order valence-corrected chi connectivity index (χ0v) is 13.8. The van der Waals surface area contributed by atoms with Gasteiger partial charge in [-0.1, -0.05) is 41.7 Å². The van der Waals surface area contributed by atoms with E-state index in [9.17, 15) is 5.11 Å². The van der Waals surface area contributed by atoms with Crippen molar-refractivity contribution in [3.63, 3.8) is 0 Å². The minimum Gasteiger partial charge on any atom is -0.390 e. The Labute approximate surface area is 139 Å². The number of hydrogen-bond donors (Lipinski definition) is 1. The predicted molar refractivity (Wildman–Crippen MR) is 90.7 cm³/mol. The predicted octanol–water partition coefficient (Wildman–Crippen LogP) is 2.72. The number of aromatic nitrogens is 2. The second kappa shape index (κ2) is 6.19. The molecule has 0 saturated carbocycles. The Kier molecular flexibility index (Phi) is 4.05. The monoisotopic (exact) mass is 331 g/mol. The van der Waals surface area contributed by atoms with Crippen molar-refractivity contribution in [2.75, 3.05) is 24.6 Å². The van der Waals surface area contributed by atoms with Crippen LogP contribution in [0.3, 0.4) is 0 Å². The fourth-order valence-electron chi connectivity index (χ4n) is 3.51. The van der Waals surface area contributed by atoms with Gasteiger partial charge in [0.1, 0.15) is 5.01 Å². The molecule has 5 nitrogen and oxygen atoms in total. The highest BCUT2D eigenvalue weighted by molar-refractivity contribution is 7.18. The Hall–Kier alpha value is -1.50. The molecule has 1 aromatic heterocycles. The Bertz CT molecular complexity index is 653. The van der Waals surface area contributed by atoms with Crippen molar-refractivity contribution < 1.29 is 9.84 Å². The molecule has 4 rings (SSSR count). The van der Waals surface area contributed by atoms with Crippen LogP contribution >= 0.6 is 11.3 Å². The largest absolute Gasteiger partial charge is 0.390 e. The van der Waals surface area contributed by atoms with E-state index >= 15 is 0 Å². The smallest absolute Gasteiger partial charge is 0.208 e. The van der Waals surface area contributed by atoms with Gasteiger partial charge in [0, 0.05) is 25.3 Å². The van der Waals surface area contributed by atoms with E-state index in [1.807, 2.05) is 18.2 Å². The second-order valence-corrected chi connectivity index (χ2v) is 7.27. The van der Waals surface area contributed by atoms with Crippen LogP contribution in [0.5, 0.6) is 0 Å². The van der Waals surface area contributed by atoms with Crippen LogP contribution in [0.15, 0.2) is 30.3 Å². The summed E-state index contributed by atoms with van der Waals surface area (Å²) in [5, 5.41) is 20.9. The van der Waals surface area contributed by atoms with Crippen molar-refractivity contribution in [2.24, 2.45) is 0 Å². The maximum atomic E-state index is 10.3. The topological polar surface area (TPSA) is 58.5 Å². The summed E-state index contributed by atoms with van der Waals surface area (Å²) in [7, 11) is 0. The van der Waals surface area contributed by atoms with Crippen LogP contribution in [0.4, 0.5) is 5.13 Å². The second-order valence-electron chi connectivity index (χ2n) is 6.31. The van der Waals surface area contributed by atoms with Gasteiger partial charge in [-0.3, -0.25) is 0 Å². The SMILES string of the molecule is O[C@@H]1CCCOC12CCN(c1nnc(-c3ccccc3)s1)CC2. The van der Waals surface area contributed by atoms with E-state index in [0.717, 1.165) is 61.1 Å². The number of hydrogen-bond acceptors (Lipinski definition) is 6. The van der Waals surface area contributed by atoms with Crippen LogP contribution in [0.25, 0.3) is 10.6 Å². The molecule has 2 aromatic rings. The van der Waals surface area contributed by atoms with E-state index < -0.39 is 0 Å². The molecular formula is C17H21N3O2S. The average molecular weight is 331 g/mol. The third kappa shape index (κ3) is 2.86. The van der Waals surface area contributed by atoms with Gasteiger partial charge < -0.3 is 14.7 Å². The molecule has 2 aliphatic rings. The Morgan fingerprint density at radius 2 is 1.96 bits per heavy atom. The van der Waals surface area contributed by atoms with Crippen molar-refractivity contribution in [1.82, 2.24) is 10.2 Å². The van der Waals surface area contributed by atoms with Gasteiger partial charge in [-0.15, -0.1) is 10.2 Å². The molecule has 1 spiro atoms. The number of aliphatic hydroxyl groups excluding tert-OH is 1. The van der Waals surface area contributed by atoms with Crippen LogP contribution in [-0.4, -0.2) is 46.7 Å². The quantitative estimate of drug-likeness (QED) is 0.917. The van der Waals surface area contributed by atoms with Crippen LogP contribution in [0.1, 0.15) is 25.7 Å². The molecule has 3 heterocycles. The molecule has 0 unspecified atom stereocenters. The minimum atomic E-state index is -0.332. The summed E-state index contributed by atoms with van der Waals surface area (Å²) < 4.78 is 5.97. The molecular weight excluding hydrogens is 310 g/mol. The van der Waals surface area contributed by atoms with Crippen LogP contribution in [-0.2, 0) is 4.74 Å². The molecule has 1 N–H and O–H groups in total. The first-order valence-corrected chi connectivity index (χ1v) is 9.04. The summed E-state index contributed by atoms with van der Waals surface area (Å²) >= 11 is 1.63. The molecule has 1 atom stereocenters. The Morgan fingerprint density at radius 1 is 1.17 bits per heavy atom. The van der Waals surface area contributed by atoms with Crippen molar-refractivity contribution >= 4 is 16.5 Å². The molecule has 2 fully saturated rings. The molecule has 0 aliphatic carbocycles. The zero-order chi connectivity index (χ0) is 15.7. The number of nitrogens with zero attached hydrogens (tertiary/aromatic N) is 3. The minimum absolute atomic E-state index is 0.326. The molecule has 23 heavy (non-hydrogen) atoms. The molecule has 0 amide bonds. The van der Waals surface area contributed by atoms with E-state index in [4.69, 9.17) is 4.74 Å². The summed E-state index contributed by atoms with van der Waals surface area (Å²) in [5.74, 6) is 0. The van der Waals surface area contributed by atoms with Gasteiger partial charge in [-0.05, 0) is 25.7 Å². The fourth-order valence-corrected chi connectivity index (χ4v) is 4.41. The number of benzene rings is 1. The lowest BCUT2D eigenvalue weighted by Gasteiger charge is -2.46. The van der Waals surface area contributed by atoms with E-state index in [1.54, 1.807) is 11.3 Å². The zero-order valence-electron chi connectivity index (χ0n) is 13.0. The van der Waals surface area contributed by atoms with Gasteiger partial charge in [0.25, 0.3) is 0 Å². The Balaban J connectivity index is 1.46. The van der Waals surface area contributed by atoms with Crippen LogP contribution < -0.4 is 4.90 Å². The lowest BCUT2D eigenvalue weighted by atomic mass is 9.82. The lowest BCUT2D eigenvalue weighted by Crippen LogP contribution is -2.55. The normalized spacial score (nSPS) is 24.0. The van der Waals surface area contributed by atoms with Crippen molar-refractivity contribution in [3.05, 3.63) is 30.3 Å². The first-order valence-electron chi connectivity index (χ1n) is 8.23. The first-order chi connectivity index (χ1) is 11.3. The molecule has 6 heteroatoms.